The topological polar surface area (TPSA) is 101 Å². The summed E-state index contributed by atoms with van der Waals surface area (Å²) < 4.78 is 23.6. The van der Waals surface area contributed by atoms with Crippen molar-refractivity contribution >= 4 is 33.6 Å². The molecule has 4 aromatic rings. The van der Waals surface area contributed by atoms with Crippen LogP contribution in [0.1, 0.15) is 58.9 Å². The van der Waals surface area contributed by atoms with Crippen LogP contribution in [0.15, 0.2) is 73.3 Å². The van der Waals surface area contributed by atoms with E-state index in [1.807, 2.05) is 4.57 Å². The molecule has 0 spiro atoms. The molecule has 2 N–H and O–H groups in total. The lowest BCUT2D eigenvalue weighted by molar-refractivity contribution is -0.0463. The molecule has 0 bridgehead atoms. The van der Waals surface area contributed by atoms with Crippen LogP contribution in [0.2, 0.25) is 36.3 Å². The minimum Gasteiger partial charge on any atom is -0.414 e. The van der Waals surface area contributed by atoms with E-state index in [4.69, 9.17) is 19.3 Å². The first-order valence-electron chi connectivity index (χ1n) is 16.7. The molecule has 0 amide bonds. The van der Waals surface area contributed by atoms with E-state index in [0.717, 1.165) is 13.1 Å². The van der Waals surface area contributed by atoms with Crippen LogP contribution in [0.3, 0.4) is 0 Å². The standard InChI is InChI=1S/C36H54N6O3Si2/c1-35(2,3)46(7,8)43-23-28-30(41(21-26-17-13-11-14-18-26)22-27-19-15-12-16-20-27)31(45-47(9,10)36(4,5)6)34(44-28)42-25-40-29-32(37)38-24-39-33(29)42/h11-20,24-25,28,30-31,34H,21-23H2,1-10H3,(H2,37,38,39)/t28-,30?,31?,34-/m1/s1. The monoisotopic (exact) mass is 674 g/mol. The summed E-state index contributed by atoms with van der Waals surface area (Å²) in [6.07, 6.45) is 2.13. The van der Waals surface area contributed by atoms with E-state index in [0.29, 0.717) is 23.6 Å². The average Bonchev–Trinajstić information content (AvgIpc) is 3.57. The van der Waals surface area contributed by atoms with Gasteiger partial charge in [-0.3, -0.25) is 9.47 Å². The van der Waals surface area contributed by atoms with E-state index < -0.39 is 22.9 Å². The van der Waals surface area contributed by atoms with E-state index in [1.54, 1.807) is 6.33 Å². The summed E-state index contributed by atoms with van der Waals surface area (Å²) in [6, 6.07) is 21.2. The molecule has 1 aliphatic rings. The third-order valence-electron chi connectivity index (χ3n) is 10.5. The van der Waals surface area contributed by atoms with Gasteiger partial charge in [-0.15, -0.1) is 0 Å². The smallest absolute Gasteiger partial charge is 0.192 e. The molecule has 2 aromatic carbocycles. The molecular weight excluding hydrogens is 621 g/mol. The zero-order chi connectivity index (χ0) is 34.2. The van der Waals surface area contributed by atoms with Crippen LogP contribution in [0.4, 0.5) is 5.82 Å². The molecule has 2 aromatic heterocycles. The highest BCUT2D eigenvalue weighted by atomic mass is 28.4. The molecule has 1 saturated heterocycles. The number of aromatic nitrogens is 4. The molecule has 5 rings (SSSR count). The normalized spacial score (nSPS) is 21.2. The summed E-state index contributed by atoms with van der Waals surface area (Å²) >= 11 is 0. The minimum absolute atomic E-state index is 0.0227. The third kappa shape index (κ3) is 7.71. The van der Waals surface area contributed by atoms with Crippen LogP contribution in [0.5, 0.6) is 0 Å². The lowest BCUT2D eigenvalue weighted by atomic mass is 10.0. The number of benzene rings is 2. The van der Waals surface area contributed by atoms with Gasteiger partial charge in [0.2, 0.25) is 0 Å². The fraction of sp³-hybridized carbons (Fsp3) is 0.528. The maximum Gasteiger partial charge on any atom is 0.192 e. The third-order valence-corrected chi connectivity index (χ3v) is 19.5. The Morgan fingerprint density at radius 2 is 1.36 bits per heavy atom. The SMILES string of the molecule is CC(C)(C)[Si](C)(C)OC[C@H]1O[C@@H](n2cnc3c(N)ncnc32)C(O[Si](C)(C)C(C)(C)C)C1N(Cc1ccccc1)Cc1ccccc1. The molecule has 1 aliphatic heterocycles. The molecule has 3 heterocycles. The summed E-state index contributed by atoms with van der Waals surface area (Å²) in [6.45, 7) is 24.8. The van der Waals surface area contributed by atoms with Crippen LogP contribution in [-0.4, -0.2) is 65.9 Å². The number of anilines is 1. The van der Waals surface area contributed by atoms with Crippen molar-refractivity contribution in [2.75, 3.05) is 12.3 Å². The largest absolute Gasteiger partial charge is 0.414 e. The van der Waals surface area contributed by atoms with Crippen LogP contribution >= 0.6 is 0 Å². The van der Waals surface area contributed by atoms with Gasteiger partial charge in [0, 0.05) is 13.1 Å². The number of nitrogen functional groups attached to an aromatic ring is 1. The number of hydrogen-bond donors (Lipinski definition) is 1. The molecule has 47 heavy (non-hydrogen) atoms. The fourth-order valence-corrected chi connectivity index (χ4v) is 7.94. The van der Waals surface area contributed by atoms with Crippen molar-refractivity contribution in [1.29, 1.82) is 0 Å². The molecule has 254 valence electrons. The maximum absolute atomic E-state index is 7.48. The Labute approximate surface area is 283 Å². The van der Waals surface area contributed by atoms with Gasteiger partial charge in [-0.05, 0) is 47.4 Å². The van der Waals surface area contributed by atoms with E-state index >= 15 is 0 Å². The Kier molecular flexibility index (Phi) is 10.2. The van der Waals surface area contributed by atoms with Crippen molar-refractivity contribution in [1.82, 2.24) is 24.4 Å². The van der Waals surface area contributed by atoms with Crippen LogP contribution < -0.4 is 5.73 Å². The fourth-order valence-electron chi connectivity index (χ4n) is 5.63. The van der Waals surface area contributed by atoms with Crippen LogP contribution in [0.25, 0.3) is 11.2 Å². The number of hydrogen-bond acceptors (Lipinski definition) is 8. The summed E-state index contributed by atoms with van der Waals surface area (Å²) in [5.41, 5.74) is 9.91. The number of ether oxygens (including phenoxy) is 1. The second-order valence-electron chi connectivity index (χ2n) is 15.9. The first kappa shape index (κ1) is 35.4. The van der Waals surface area contributed by atoms with Crippen LogP contribution in [0, 0.1) is 0 Å². The molecule has 0 saturated carbocycles. The highest BCUT2D eigenvalue weighted by molar-refractivity contribution is 6.74. The lowest BCUT2D eigenvalue weighted by Gasteiger charge is -2.43. The zero-order valence-electron chi connectivity index (χ0n) is 29.9. The minimum atomic E-state index is -2.32. The van der Waals surface area contributed by atoms with E-state index in [-0.39, 0.29) is 28.3 Å². The Balaban J connectivity index is 1.66. The summed E-state index contributed by atoms with van der Waals surface area (Å²) in [7, 11) is -4.43. The number of nitrogens with two attached hydrogens (primary N) is 1. The Morgan fingerprint density at radius 3 is 1.89 bits per heavy atom. The number of rotatable bonds is 11. The molecule has 11 heteroatoms. The quantitative estimate of drug-likeness (QED) is 0.161. The van der Waals surface area contributed by atoms with Gasteiger partial charge in [-0.1, -0.05) is 102 Å². The molecule has 2 unspecified atom stereocenters. The molecule has 0 radical (unpaired) electrons. The first-order chi connectivity index (χ1) is 22.0. The molecule has 4 atom stereocenters. The Hall–Kier alpha value is -2.94. The van der Waals surface area contributed by atoms with Crippen molar-refractivity contribution in [2.24, 2.45) is 0 Å². The summed E-state index contributed by atoms with van der Waals surface area (Å²) in [5, 5.41) is 0.0332. The van der Waals surface area contributed by atoms with Gasteiger partial charge in [-0.2, -0.15) is 0 Å². The van der Waals surface area contributed by atoms with Crippen molar-refractivity contribution in [2.45, 2.75) is 115 Å². The summed E-state index contributed by atoms with van der Waals surface area (Å²) in [5.74, 6) is 0.345. The Bertz CT molecular complexity index is 1580. The van der Waals surface area contributed by atoms with E-state index in [2.05, 4.69) is 148 Å². The average molecular weight is 675 g/mol. The van der Waals surface area contributed by atoms with Gasteiger partial charge in [0.05, 0.1) is 19.0 Å². The van der Waals surface area contributed by atoms with Crippen molar-refractivity contribution in [3.05, 3.63) is 84.4 Å². The molecule has 9 nitrogen and oxygen atoms in total. The van der Waals surface area contributed by atoms with Gasteiger partial charge in [0.1, 0.15) is 24.1 Å². The Morgan fingerprint density at radius 1 is 0.809 bits per heavy atom. The van der Waals surface area contributed by atoms with Gasteiger partial charge in [-0.25, -0.2) is 15.0 Å². The number of fused-ring (bicyclic) bond motifs is 1. The molecule has 0 aliphatic carbocycles. The first-order valence-corrected chi connectivity index (χ1v) is 22.5. The molecule has 1 fully saturated rings. The predicted molar refractivity (Wildman–Crippen MR) is 195 cm³/mol. The predicted octanol–water partition coefficient (Wildman–Crippen LogP) is 7.79. The van der Waals surface area contributed by atoms with Crippen molar-refractivity contribution in [3.8, 4) is 0 Å². The van der Waals surface area contributed by atoms with Gasteiger partial charge in [0.25, 0.3) is 0 Å². The number of imidazole rings is 1. The van der Waals surface area contributed by atoms with E-state index in [1.165, 1.54) is 17.5 Å². The lowest BCUT2D eigenvalue weighted by Crippen LogP contribution is -2.54. The zero-order valence-corrected chi connectivity index (χ0v) is 31.9. The van der Waals surface area contributed by atoms with Gasteiger partial charge >= 0.3 is 0 Å². The van der Waals surface area contributed by atoms with Crippen LogP contribution in [-0.2, 0) is 26.7 Å². The number of nitrogens with zero attached hydrogens (tertiary/aromatic N) is 5. The molecular formula is C36H54N6O3Si2. The van der Waals surface area contributed by atoms with Gasteiger partial charge in [0.15, 0.2) is 34.3 Å². The highest BCUT2D eigenvalue weighted by Crippen LogP contribution is 2.45. The van der Waals surface area contributed by atoms with Gasteiger partial charge < -0.3 is 19.3 Å². The van der Waals surface area contributed by atoms with Crippen molar-refractivity contribution in [3.63, 3.8) is 0 Å². The second kappa shape index (κ2) is 13.5. The second-order valence-corrected chi connectivity index (χ2v) is 25.5. The highest BCUT2D eigenvalue weighted by Gasteiger charge is 2.54. The maximum atomic E-state index is 7.48. The van der Waals surface area contributed by atoms with E-state index in [9.17, 15) is 0 Å². The van der Waals surface area contributed by atoms with Crippen molar-refractivity contribution < 1.29 is 13.6 Å². The summed E-state index contributed by atoms with van der Waals surface area (Å²) in [4.78, 5) is 16.0.